The number of rotatable bonds is 8. The molecule has 152 valence electrons. The van der Waals surface area contributed by atoms with E-state index in [1.165, 1.54) is 11.2 Å². The molecule has 2 N–H and O–H groups in total. The van der Waals surface area contributed by atoms with Crippen LogP contribution in [0.1, 0.15) is 23.4 Å². The van der Waals surface area contributed by atoms with E-state index < -0.39 is 6.03 Å². The maximum atomic E-state index is 12.2. The zero-order chi connectivity index (χ0) is 20.6. The molecule has 9 heteroatoms. The lowest BCUT2D eigenvalue weighted by Crippen LogP contribution is -2.44. The number of carbonyl (C=O) groups excluding carboxylic acids is 2. The first kappa shape index (κ1) is 20.7. The molecule has 3 amide bonds. The molecule has 0 bridgehead atoms. The van der Waals surface area contributed by atoms with Crippen LogP contribution in [0, 0.1) is 0 Å². The highest BCUT2D eigenvalue weighted by atomic mass is 32.1. The molecule has 1 unspecified atom stereocenters. The number of benzene rings is 1. The number of aromatic nitrogens is 3. The molecule has 1 atom stereocenters. The van der Waals surface area contributed by atoms with Crippen LogP contribution in [0.4, 0.5) is 4.79 Å². The topological polar surface area (TPSA) is 92.2 Å². The number of imide groups is 1. The highest BCUT2D eigenvalue weighted by molar-refractivity contribution is 7.09. The zero-order valence-electron chi connectivity index (χ0n) is 16.4. The van der Waals surface area contributed by atoms with Crippen LogP contribution in [0.25, 0.3) is 5.69 Å². The van der Waals surface area contributed by atoms with Crippen molar-refractivity contribution < 1.29 is 9.59 Å². The summed E-state index contributed by atoms with van der Waals surface area (Å²) in [5, 5.41) is 11.2. The standard InChI is InChI=1S/C20H24N6O2S/c1-15(16-5-7-17(8-6-16)26-14-21-13-23-26)25(2)12-19(27)24-20(28)22-10-9-18-4-3-11-29-18/h3-8,11,13-15H,9-10,12H2,1-2H3,(H2,22,24,27,28). The van der Waals surface area contributed by atoms with Gasteiger partial charge < -0.3 is 5.32 Å². The van der Waals surface area contributed by atoms with Gasteiger partial charge in [0, 0.05) is 17.5 Å². The van der Waals surface area contributed by atoms with E-state index in [0.717, 1.165) is 17.7 Å². The minimum absolute atomic E-state index is 0.00689. The number of hydrogen-bond acceptors (Lipinski definition) is 6. The van der Waals surface area contributed by atoms with E-state index in [0.29, 0.717) is 6.54 Å². The highest BCUT2D eigenvalue weighted by Crippen LogP contribution is 2.19. The lowest BCUT2D eigenvalue weighted by molar-refractivity contribution is -0.121. The van der Waals surface area contributed by atoms with Gasteiger partial charge in [-0.3, -0.25) is 15.0 Å². The number of hydrogen-bond donors (Lipinski definition) is 2. The molecular weight excluding hydrogens is 388 g/mol. The van der Waals surface area contributed by atoms with Crippen molar-refractivity contribution >= 4 is 23.3 Å². The molecule has 8 nitrogen and oxygen atoms in total. The van der Waals surface area contributed by atoms with Gasteiger partial charge in [0.15, 0.2) is 0 Å². The normalized spacial score (nSPS) is 12.0. The monoisotopic (exact) mass is 412 g/mol. The Balaban J connectivity index is 1.44. The van der Waals surface area contributed by atoms with Crippen molar-refractivity contribution in [2.75, 3.05) is 20.1 Å². The fraction of sp³-hybridized carbons (Fsp3) is 0.300. The minimum Gasteiger partial charge on any atom is -0.337 e. The van der Waals surface area contributed by atoms with Crippen molar-refractivity contribution in [2.45, 2.75) is 19.4 Å². The number of nitrogens with one attached hydrogen (secondary N) is 2. The number of amides is 3. The Hall–Kier alpha value is -3.04. The fourth-order valence-electron chi connectivity index (χ4n) is 2.83. The van der Waals surface area contributed by atoms with Crippen LogP contribution in [-0.2, 0) is 11.2 Å². The average molecular weight is 413 g/mol. The Morgan fingerprint density at radius 2 is 2.03 bits per heavy atom. The summed E-state index contributed by atoms with van der Waals surface area (Å²) >= 11 is 1.64. The van der Waals surface area contributed by atoms with Crippen molar-refractivity contribution in [2.24, 2.45) is 0 Å². The third-order valence-corrected chi connectivity index (χ3v) is 5.54. The van der Waals surface area contributed by atoms with Crippen molar-refractivity contribution in [3.63, 3.8) is 0 Å². The molecule has 0 radical (unpaired) electrons. The lowest BCUT2D eigenvalue weighted by Gasteiger charge is -2.24. The Kier molecular flexibility index (Phi) is 7.09. The molecule has 0 saturated carbocycles. The number of likely N-dealkylation sites (N-methyl/N-ethyl adjacent to an activating group) is 1. The van der Waals surface area contributed by atoms with Crippen LogP contribution in [0.3, 0.4) is 0 Å². The van der Waals surface area contributed by atoms with E-state index in [4.69, 9.17) is 0 Å². The summed E-state index contributed by atoms with van der Waals surface area (Å²) < 4.78 is 1.68. The van der Waals surface area contributed by atoms with Crippen molar-refractivity contribution in [1.29, 1.82) is 0 Å². The van der Waals surface area contributed by atoms with Crippen LogP contribution >= 0.6 is 11.3 Å². The van der Waals surface area contributed by atoms with Gasteiger partial charge in [-0.2, -0.15) is 5.10 Å². The maximum Gasteiger partial charge on any atom is 0.321 e. The summed E-state index contributed by atoms with van der Waals surface area (Å²) in [4.78, 5) is 31.1. The molecule has 0 fully saturated rings. The van der Waals surface area contributed by atoms with Crippen LogP contribution in [0.2, 0.25) is 0 Å². The van der Waals surface area contributed by atoms with Gasteiger partial charge in [-0.15, -0.1) is 11.3 Å². The van der Waals surface area contributed by atoms with Crippen LogP contribution < -0.4 is 10.6 Å². The SMILES string of the molecule is CC(c1ccc(-n2cncn2)cc1)N(C)CC(=O)NC(=O)NCCc1cccs1. The van der Waals surface area contributed by atoms with E-state index in [1.54, 1.807) is 22.3 Å². The lowest BCUT2D eigenvalue weighted by atomic mass is 10.1. The van der Waals surface area contributed by atoms with Gasteiger partial charge in [-0.05, 0) is 49.5 Å². The summed E-state index contributed by atoms with van der Waals surface area (Å²) in [6, 6.07) is 11.4. The maximum absolute atomic E-state index is 12.2. The van der Waals surface area contributed by atoms with E-state index in [-0.39, 0.29) is 18.5 Å². The largest absolute Gasteiger partial charge is 0.337 e. The summed E-state index contributed by atoms with van der Waals surface area (Å²) in [5.41, 5.74) is 1.97. The Bertz CT molecular complexity index is 909. The third kappa shape index (κ3) is 5.97. The number of nitrogens with zero attached hydrogens (tertiary/aromatic N) is 4. The molecule has 0 saturated heterocycles. The Morgan fingerprint density at radius 1 is 1.24 bits per heavy atom. The molecule has 0 spiro atoms. The van der Waals surface area contributed by atoms with E-state index in [2.05, 4.69) is 20.7 Å². The van der Waals surface area contributed by atoms with Gasteiger partial charge in [0.2, 0.25) is 5.91 Å². The molecule has 1 aromatic carbocycles. The molecular formula is C20H24N6O2S. The second-order valence-corrected chi connectivity index (χ2v) is 7.69. The third-order valence-electron chi connectivity index (χ3n) is 4.60. The number of carbonyl (C=O) groups is 2. The summed E-state index contributed by atoms with van der Waals surface area (Å²) in [5.74, 6) is -0.341. The summed E-state index contributed by atoms with van der Waals surface area (Å²) in [6.07, 6.45) is 3.88. The first-order valence-corrected chi connectivity index (χ1v) is 10.2. The molecule has 0 aliphatic heterocycles. The van der Waals surface area contributed by atoms with Crippen molar-refractivity contribution in [1.82, 2.24) is 30.3 Å². The van der Waals surface area contributed by atoms with Crippen LogP contribution in [0.15, 0.2) is 54.4 Å². The van der Waals surface area contributed by atoms with Gasteiger partial charge in [-0.1, -0.05) is 18.2 Å². The summed E-state index contributed by atoms with van der Waals surface area (Å²) in [6.45, 7) is 2.62. The predicted molar refractivity (Wildman–Crippen MR) is 112 cm³/mol. The molecule has 0 aliphatic carbocycles. The van der Waals surface area contributed by atoms with E-state index in [9.17, 15) is 9.59 Å². The fourth-order valence-corrected chi connectivity index (χ4v) is 3.54. The number of thiophene rings is 1. The Labute approximate surface area is 173 Å². The Morgan fingerprint density at radius 3 is 2.69 bits per heavy atom. The van der Waals surface area contributed by atoms with E-state index >= 15 is 0 Å². The molecule has 0 aliphatic rings. The number of urea groups is 1. The van der Waals surface area contributed by atoms with E-state index in [1.807, 2.05) is 60.6 Å². The van der Waals surface area contributed by atoms with Gasteiger partial charge in [0.1, 0.15) is 12.7 Å². The molecule has 2 aromatic heterocycles. The smallest absolute Gasteiger partial charge is 0.321 e. The summed E-state index contributed by atoms with van der Waals surface area (Å²) in [7, 11) is 1.85. The molecule has 29 heavy (non-hydrogen) atoms. The second-order valence-electron chi connectivity index (χ2n) is 6.66. The first-order chi connectivity index (χ1) is 14.0. The van der Waals surface area contributed by atoms with Gasteiger partial charge in [0.25, 0.3) is 0 Å². The predicted octanol–water partition coefficient (Wildman–Crippen LogP) is 2.39. The van der Waals surface area contributed by atoms with Gasteiger partial charge >= 0.3 is 6.03 Å². The van der Waals surface area contributed by atoms with Crippen LogP contribution in [0.5, 0.6) is 0 Å². The molecule has 3 aromatic rings. The minimum atomic E-state index is -0.468. The second kappa shape index (κ2) is 9.94. The van der Waals surface area contributed by atoms with Crippen molar-refractivity contribution in [3.05, 3.63) is 64.9 Å². The van der Waals surface area contributed by atoms with Gasteiger partial charge in [0.05, 0.1) is 12.2 Å². The first-order valence-electron chi connectivity index (χ1n) is 9.28. The zero-order valence-corrected chi connectivity index (χ0v) is 17.2. The quantitative estimate of drug-likeness (QED) is 0.593. The van der Waals surface area contributed by atoms with Crippen molar-refractivity contribution in [3.8, 4) is 5.69 Å². The van der Waals surface area contributed by atoms with Crippen LogP contribution in [-0.4, -0.2) is 51.7 Å². The van der Waals surface area contributed by atoms with Gasteiger partial charge in [-0.25, -0.2) is 14.5 Å². The highest BCUT2D eigenvalue weighted by Gasteiger charge is 2.16. The molecule has 3 rings (SSSR count). The molecule has 2 heterocycles. The average Bonchev–Trinajstić information content (AvgIpc) is 3.41.